The van der Waals surface area contributed by atoms with Gasteiger partial charge in [-0.1, -0.05) is 13.8 Å². The Bertz CT molecular complexity index is 248. The molecule has 4 aliphatic rings. The molecule has 3 heteroatoms. The molecule has 13 heavy (non-hydrogen) atoms. The van der Waals surface area contributed by atoms with Crippen molar-refractivity contribution in [3.63, 3.8) is 0 Å². The molecule has 1 N–H and O–H groups in total. The zero-order valence-corrected chi connectivity index (χ0v) is 8.23. The summed E-state index contributed by atoms with van der Waals surface area (Å²) in [5.41, 5.74) is -0.235. The highest BCUT2D eigenvalue weighted by Crippen LogP contribution is 2.55. The van der Waals surface area contributed by atoms with Crippen molar-refractivity contribution < 1.29 is 14.6 Å². The van der Waals surface area contributed by atoms with E-state index in [0.29, 0.717) is 11.8 Å². The van der Waals surface area contributed by atoms with E-state index in [2.05, 4.69) is 20.8 Å². The minimum absolute atomic E-state index is 0.00458. The third-order valence-electron chi connectivity index (χ3n) is 4.34. The van der Waals surface area contributed by atoms with E-state index in [4.69, 9.17) is 9.47 Å². The summed E-state index contributed by atoms with van der Waals surface area (Å²) >= 11 is 0. The highest BCUT2D eigenvalue weighted by atomic mass is 16.6. The van der Waals surface area contributed by atoms with E-state index in [9.17, 15) is 5.11 Å². The van der Waals surface area contributed by atoms with Gasteiger partial charge in [-0.2, -0.15) is 0 Å². The summed E-state index contributed by atoms with van der Waals surface area (Å²) in [5.74, 6) is 0.734. The quantitative estimate of drug-likeness (QED) is 0.598. The van der Waals surface area contributed by atoms with Crippen LogP contribution in [0.5, 0.6) is 0 Å². The van der Waals surface area contributed by atoms with E-state index in [1.165, 1.54) is 0 Å². The smallest absolute Gasteiger partial charge is 0.115 e. The van der Waals surface area contributed by atoms with Gasteiger partial charge in [-0.05, 0) is 6.92 Å². The van der Waals surface area contributed by atoms with Crippen LogP contribution in [-0.2, 0) is 9.47 Å². The van der Waals surface area contributed by atoms with Gasteiger partial charge in [0.1, 0.15) is 12.2 Å². The molecule has 7 atom stereocenters. The average Bonchev–Trinajstić information content (AvgIpc) is 2.40. The molecule has 0 spiro atoms. The van der Waals surface area contributed by atoms with Crippen molar-refractivity contribution in [3.05, 3.63) is 0 Å². The lowest BCUT2D eigenvalue weighted by Crippen LogP contribution is -2.48. The number of ether oxygens (including phenoxy) is 2. The third kappa shape index (κ3) is 0.694. The summed E-state index contributed by atoms with van der Waals surface area (Å²) in [7, 11) is 0. The van der Waals surface area contributed by atoms with Crippen molar-refractivity contribution in [1.29, 1.82) is 0 Å². The highest BCUT2D eigenvalue weighted by molar-refractivity contribution is 5.16. The maximum Gasteiger partial charge on any atom is 0.115 e. The van der Waals surface area contributed by atoms with E-state index in [1.807, 2.05) is 0 Å². The maximum atomic E-state index is 9.91. The Kier molecular flexibility index (Phi) is 1.33. The summed E-state index contributed by atoms with van der Waals surface area (Å²) < 4.78 is 11.7. The number of aliphatic hydroxyl groups is 1. The fourth-order valence-corrected chi connectivity index (χ4v) is 3.32. The first-order valence-electron chi connectivity index (χ1n) is 5.07. The van der Waals surface area contributed by atoms with Gasteiger partial charge in [-0.3, -0.25) is 0 Å². The van der Waals surface area contributed by atoms with Crippen LogP contribution in [0.4, 0.5) is 0 Å². The first kappa shape index (κ1) is 8.21. The Balaban J connectivity index is 2.07. The first-order valence-corrected chi connectivity index (χ1v) is 5.07. The molecular formula is C10H16O3. The van der Waals surface area contributed by atoms with Crippen LogP contribution in [0.3, 0.4) is 0 Å². The van der Waals surface area contributed by atoms with Crippen LogP contribution < -0.4 is 0 Å². The van der Waals surface area contributed by atoms with Gasteiger partial charge in [0.05, 0.1) is 17.8 Å². The zero-order valence-electron chi connectivity index (χ0n) is 8.23. The van der Waals surface area contributed by atoms with Crippen molar-refractivity contribution in [2.45, 2.75) is 50.8 Å². The number of hydrogen-bond acceptors (Lipinski definition) is 3. The van der Waals surface area contributed by atoms with E-state index in [0.717, 1.165) is 0 Å². The van der Waals surface area contributed by atoms with Crippen LogP contribution in [0.2, 0.25) is 0 Å². The molecule has 0 aromatic carbocycles. The van der Waals surface area contributed by atoms with Crippen molar-refractivity contribution in [2.24, 2.45) is 11.8 Å². The van der Waals surface area contributed by atoms with Gasteiger partial charge >= 0.3 is 0 Å². The lowest BCUT2D eigenvalue weighted by atomic mass is 9.82. The van der Waals surface area contributed by atoms with Gasteiger partial charge in [0, 0.05) is 11.8 Å². The number of rotatable bonds is 0. The van der Waals surface area contributed by atoms with E-state index in [1.54, 1.807) is 0 Å². The Hall–Kier alpha value is -0.120. The van der Waals surface area contributed by atoms with Crippen LogP contribution in [0.15, 0.2) is 0 Å². The molecule has 4 fully saturated rings. The van der Waals surface area contributed by atoms with Crippen LogP contribution in [0.25, 0.3) is 0 Å². The first-order chi connectivity index (χ1) is 6.05. The molecule has 74 valence electrons. The summed E-state index contributed by atoms with van der Waals surface area (Å²) in [6.45, 7) is 6.34. The molecule has 3 nitrogen and oxygen atoms in total. The minimum atomic E-state index is -0.416. The van der Waals surface area contributed by atoms with Crippen molar-refractivity contribution in [2.75, 3.05) is 0 Å². The van der Waals surface area contributed by atoms with Gasteiger partial charge in [0.15, 0.2) is 0 Å². The molecule has 4 rings (SSSR count). The summed E-state index contributed by atoms with van der Waals surface area (Å²) in [6.07, 6.45) is -0.211. The Labute approximate surface area is 78.0 Å². The summed E-state index contributed by atoms with van der Waals surface area (Å²) in [6, 6.07) is 0. The number of aliphatic hydroxyl groups excluding tert-OH is 1. The topological polar surface area (TPSA) is 38.7 Å². The van der Waals surface area contributed by atoms with E-state index in [-0.39, 0.29) is 23.9 Å². The summed E-state index contributed by atoms with van der Waals surface area (Å²) in [4.78, 5) is 0. The van der Waals surface area contributed by atoms with Gasteiger partial charge < -0.3 is 14.6 Å². The number of hydrogen-bond donors (Lipinski definition) is 1. The Morgan fingerprint density at radius 1 is 1.23 bits per heavy atom. The van der Waals surface area contributed by atoms with Crippen LogP contribution in [-0.4, -0.2) is 35.1 Å². The lowest BCUT2D eigenvalue weighted by molar-refractivity contribution is -0.162. The predicted octanol–water partition coefficient (Wildman–Crippen LogP) is 0.558. The van der Waals surface area contributed by atoms with Gasteiger partial charge in [-0.15, -0.1) is 0 Å². The molecule has 4 saturated heterocycles. The fourth-order valence-electron chi connectivity index (χ4n) is 3.32. The molecule has 1 unspecified atom stereocenters. The van der Waals surface area contributed by atoms with Crippen molar-refractivity contribution in [3.8, 4) is 0 Å². The molecule has 4 heterocycles. The second-order valence-corrected chi connectivity index (χ2v) is 4.93. The van der Waals surface area contributed by atoms with Crippen molar-refractivity contribution in [1.82, 2.24) is 0 Å². The monoisotopic (exact) mass is 184 g/mol. The van der Waals surface area contributed by atoms with Gasteiger partial charge in [0.25, 0.3) is 0 Å². The lowest BCUT2D eigenvalue weighted by Gasteiger charge is -2.39. The zero-order chi connectivity index (χ0) is 9.38. The molecule has 0 amide bonds. The van der Waals surface area contributed by atoms with Crippen LogP contribution in [0.1, 0.15) is 20.8 Å². The molecule has 4 aliphatic heterocycles. The second-order valence-electron chi connectivity index (χ2n) is 4.93. The molecule has 0 aromatic rings. The minimum Gasteiger partial charge on any atom is -0.388 e. The third-order valence-corrected chi connectivity index (χ3v) is 4.34. The van der Waals surface area contributed by atoms with E-state index >= 15 is 0 Å². The molecular weight excluding hydrogens is 168 g/mol. The largest absolute Gasteiger partial charge is 0.388 e. The maximum absolute atomic E-state index is 9.91. The molecule has 0 radical (unpaired) electrons. The molecule has 0 saturated carbocycles. The fraction of sp³-hybridized carbons (Fsp3) is 1.00. The normalized spacial score (nSPS) is 69.2. The predicted molar refractivity (Wildman–Crippen MR) is 46.3 cm³/mol. The average molecular weight is 184 g/mol. The standard InChI is InChI=1S/C10H16O3/c1-4-7-5(2)10(3)9(12-7)6(11)8(4)13-10/h4-9,11H,1-3H3/t4-,5+,6+,7?,8+,9-,10-/m0/s1. The van der Waals surface area contributed by atoms with Gasteiger partial charge in [0.2, 0.25) is 0 Å². The highest BCUT2D eigenvalue weighted by Gasteiger charge is 2.69. The van der Waals surface area contributed by atoms with Crippen LogP contribution >= 0.6 is 0 Å². The van der Waals surface area contributed by atoms with E-state index < -0.39 is 6.10 Å². The Morgan fingerprint density at radius 2 is 1.92 bits per heavy atom. The molecule has 0 aliphatic carbocycles. The van der Waals surface area contributed by atoms with Crippen molar-refractivity contribution >= 4 is 0 Å². The van der Waals surface area contributed by atoms with Crippen LogP contribution in [0, 0.1) is 11.8 Å². The Morgan fingerprint density at radius 3 is 2.54 bits per heavy atom. The summed E-state index contributed by atoms with van der Waals surface area (Å²) in [5, 5.41) is 9.91. The van der Waals surface area contributed by atoms with Gasteiger partial charge in [-0.25, -0.2) is 0 Å². The SMILES string of the molecule is C[C@@H]1C2O[C@H]3[C@H](O)[C@H](O[C@@]13C)[C@H]2C. The molecule has 4 bridgehead atoms. The molecule has 0 aromatic heterocycles. The second kappa shape index (κ2) is 2.10.